The molecular formula is C10H8N4O2S. The molecule has 3 N–H and O–H groups in total. The largest absolute Gasteiger partial charge is 0.478 e. The molecule has 0 aliphatic heterocycles. The van der Waals surface area contributed by atoms with Crippen LogP contribution in [0.3, 0.4) is 0 Å². The van der Waals surface area contributed by atoms with Crippen LogP contribution in [0, 0.1) is 0 Å². The Balaban J connectivity index is 2.36. The number of carbonyl (C=O) groups is 1. The van der Waals surface area contributed by atoms with Gasteiger partial charge in [0, 0.05) is 12.4 Å². The average Bonchev–Trinajstić information content (AvgIpc) is 2.32. The van der Waals surface area contributed by atoms with E-state index in [0.29, 0.717) is 15.7 Å². The van der Waals surface area contributed by atoms with Gasteiger partial charge in [-0.2, -0.15) is 0 Å². The fraction of sp³-hybridized carbons (Fsp3) is 0. The van der Waals surface area contributed by atoms with E-state index in [1.807, 2.05) is 0 Å². The molecule has 0 spiro atoms. The molecule has 17 heavy (non-hydrogen) atoms. The summed E-state index contributed by atoms with van der Waals surface area (Å²) in [5.74, 6) is -1.07. The Hall–Kier alpha value is -2.15. The average molecular weight is 248 g/mol. The van der Waals surface area contributed by atoms with Gasteiger partial charge in [0.1, 0.15) is 10.1 Å². The van der Waals surface area contributed by atoms with Crippen molar-refractivity contribution in [3.63, 3.8) is 0 Å². The van der Waals surface area contributed by atoms with E-state index in [2.05, 4.69) is 15.0 Å². The van der Waals surface area contributed by atoms with Crippen molar-refractivity contribution in [3.05, 3.63) is 36.4 Å². The first kappa shape index (κ1) is 11.3. The normalized spacial score (nSPS) is 10.1. The van der Waals surface area contributed by atoms with Crippen LogP contribution < -0.4 is 5.73 Å². The summed E-state index contributed by atoms with van der Waals surface area (Å²) in [5, 5.41) is 9.94. The molecule has 0 atom stereocenters. The lowest BCUT2D eigenvalue weighted by Gasteiger charge is -2.04. The maximum Gasteiger partial charge on any atom is 0.338 e. The van der Waals surface area contributed by atoms with E-state index in [0.717, 1.165) is 11.8 Å². The number of aromatic nitrogens is 3. The number of rotatable bonds is 3. The van der Waals surface area contributed by atoms with Gasteiger partial charge in [0.05, 0.1) is 23.6 Å². The summed E-state index contributed by atoms with van der Waals surface area (Å²) in [5.41, 5.74) is 5.86. The second-order valence-corrected chi connectivity index (χ2v) is 4.08. The smallest absolute Gasteiger partial charge is 0.338 e. The highest BCUT2D eigenvalue weighted by Crippen LogP contribution is 2.27. The summed E-state index contributed by atoms with van der Waals surface area (Å²) in [4.78, 5) is 22.9. The molecule has 2 aromatic heterocycles. The maximum absolute atomic E-state index is 11.0. The standard InChI is InChI=1S/C10H8N4O2S/c11-6-3-7(10(15)16)9(14-4-6)17-8-5-12-1-2-13-8/h1-5H,11H2,(H,15,16). The summed E-state index contributed by atoms with van der Waals surface area (Å²) in [6.45, 7) is 0. The molecule has 0 unspecified atom stereocenters. The Kier molecular flexibility index (Phi) is 3.20. The first-order chi connectivity index (χ1) is 8.16. The van der Waals surface area contributed by atoms with E-state index in [1.165, 1.54) is 24.7 Å². The van der Waals surface area contributed by atoms with Crippen LogP contribution in [-0.2, 0) is 0 Å². The van der Waals surface area contributed by atoms with Gasteiger partial charge in [-0.25, -0.2) is 14.8 Å². The number of hydrogen-bond acceptors (Lipinski definition) is 6. The van der Waals surface area contributed by atoms with Gasteiger partial charge in [-0.1, -0.05) is 0 Å². The van der Waals surface area contributed by atoms with Gasteiger partial charge >= 0.3 is 5.97 Å². The molecule has 2 rings (SSSR count). The number of nitrogens with zero attached hydrogens (tertiary/aromatic N) is 3. The minimum atomic E-state index is -1.07. The molecule has 6 nitrogen and oxygen atoms in total. The zero-order valence-corrected chi connectivity index (χ0v) is 9.39. The highest BCUT2D eigenvalue weighted by atomic mass is 32.2. The SMILES string of the molecule is Nc1cnc(Sc2cnccn2)c(C(=O)O)c1. The molecule has 7 heteroatoms. The summed E-state index contributed by atoms with van der Waals surface area (Å²) in [7, 11) is 0. The highest BCUT2D eigenvalue weighted by Gasteiger charge is 2.13. The number of carboxylic acids is 1. The van der Waals surface area contributed by atoms with Crippen molar-refractivity contribution in [2.75, 3.05) is 5.73 Å². The lowest BCUT2D eigenvalue weighted by atomic mass is 10.3. The fourth-order valence-electron chi connectivity index (χ4n) is 1.14. The molecule has 0 fully saturated rings. The van der Waals surface area contributed by atoms with Gasteiger partial charge in [0.15, 0.2) is 0 Å². The first-order valence-corrected chi connectivity index (χ1v) is 5.41. The van der Waals surface area contributed by atoms with Crippen molar-refractivity contribution in [2.24, 2.45) is 0 Å². The lowest BCUT2D eigenvalue weighted by molar-refractivity contribution is 0.0692. The number of anilines is 1. The van der Waals surface area contributed by atoms with E-state index >= 15 is 0 Å². The minimum absolute atomic E-state index is 0.0562. The first-order valence-electron chi connectivity index (χ1n) is 4.59. The van der Waals surface area contributed by atoms with Crippen molar-refractivity contribution in [1.82, 2.24) is 15.0 Å². The second-order valence-electron chi connectivity index (χ2n) is 3.07. The molecule has 0 aromatic carbocycles. The van der Waals surface area contributed by atoms with Gasteiger partial charge in [-0.05, 0) is 17.8 Å². The molecule has 0 aliphatic rings. The number of hydrogen-bond donors (Lipinski definition) is 2. The van der Waals surface area contributed by atoms with Crippen LogP contribution in [0.2, 0.25) is 0 Å². The molecular weight excluding hydrogens is 240 g/mol. The Labute approximate surface area is 101 Å². The molecule has 0 saturated carbocycles. The number of aromatic carboxylic acids is 1. The van der Waals surface area contributed by atoms with Gasteiger partial charge in [0.25, 0.3) is 0 Å². The topological polar surface area (TPSA) is 102 Å². The molecule has 2 aromatic rings. The Morgan fingerprint density at radius 1 is 1.29 bits per heavy atom. The molecule has 0 bridgehead atoms. The van der Waals surface area contributed by atoms with Crippen LogP contribution in [0.5, 0.6) is 0 Å². The maximum atomic E-state index is 11.0. The van der Waals surface area contributed by atoms with Crippen molar-refractivity contribution >= 4 is 23.4 Å². The third kappa shape index (κ3) is 2.70. The van der Waals surface area contributed by atoms with E-state index in [4.69, 9.17) is 10.8 Å². The van der Waals surface area contributed by atoms with E-state index in [-0.39, 0.29) is 5.56 Å². The van der Waals surface area contributed by atoms with Crippen LogP contribution in [0.25, 0.3) is 0 Å². The quantitative estimate of drug-likeness (QED) is 0.843. The Morgan fingerprint density at radius 3 is 2.76 bits per heavy atom. The minimum Gasteiger partial charge on any atom is -0.478 e. The van der Waals surface area contributed by atoms with Crippen LogP contribution >= 0.6 is 11.8 Å². The van der Waals surface area contributed by atoms with Crippen LogP contribution in [0.4, 0.5) is 5.69 Å². The molecule has 2 heterocycles. The van der Waals surface area contributed by atoms with Gasteiger partial charge in [-0.3, -0.25) is 4.98 Å². The summed E-state index contributed by atoms with van der Waals surface area (Å²) in [6, 6.07) is 1.37. The molecule has 86 valence electrons. The van der Waals surface area contributed by atoms with E-state index in [9.17, 15) is 4.79 Å². The Bertz CT molecular complexity index is 547. The Morgan fingerprint density at radius 2 is 2.12 bits per heavy atom. The summed E-state index contributed by atoms with van der Waals surface area (Å²) >= 11 is 1.13. The van der Waals surface area contributed by atoms with E-state index < -0.39 is 5.97 Å². The highest BCUT2D eigenvalue weighted by molar-refractivity contribution is 7.99. The van der Waals surface area contributed by atoms with Crippen LogP contribution in [0.1, 0.15) is 10.4 Å². The number of carboxylic acid groups (broad SMARTS) is 1. The summed E-state index contributed by atoms with van der Waals surface area (Å²) < 4.78 is 0. The predicted molar refractivity (Wildman–Crippen MR) is 61.8 cm³/mol. The molecule has 0 aliphatic carbocycles. The second kappa shape index (κ2) is 4.79. The predicted octanol–water partition coefficient (Wildman–Crippen LogP) is 1.30. The number of pyridine rings is 1. The fourth-order valence-corrected chi connectivity index (χ4v) is 1.93. The number of nitrogen functional groups attached to an aromatic ring is 1. The van der Waals surface area contributed by atoms with Gasteiger partial charge in [-0.15, -0.1) is 0 Å². The van der Waals surface area contributed by atoms with Gasteiger partial charge in [0.2, 0.25) is 0 Å². The zero-order valence-electron chi connectivity index (χ0n) is 8.57. The zero-order chi connectivity index (χ0) is 12.3. The number of nitrogens with two attached hydrogens (primary N) is 1. The molecule has 0 amide bonds. The van der Waals surface area contributed by atoms with Crippen molar-refractivity contribution < 1.29 is 9.90 Å². The van der Waals surface area contributed by atoms with Crippen LogP contribution in [-0.4, -0.2) is 26.0 Å². The van der Waals surface area contributed by atoms with Crippen LogP contribution in [0.15, 0.2) is 40.9 Å². The monoisotopic (exact) mass is 248 g/mol. The third-order valence-electron chi connectivity index (χ3n) is 1.84. The summed E-state index contributed by atoms with van der Waals surface area (Å²) in [6.07, 6.45) is 6.01. The molecule has 0 saturated heterocycles. The van der Waals surface area contributed by atoms with Crippen molar-refractivity contribution in [1.29, 1.82) is 0 Å². The third-order valence-corrected chi connectivity index (χ3v) is 2.78. The van der Waals surface area contributed by atoms with Crippen molar-refractivity contribution in [3.8, 4) is 0 Å². The van der Waals surface area contributed by atoms with E-state index in [1.54, 1.807) is 6.20 Å². The lowest BCUT2D eigenvalue weighted by Crippen LogP contribution is -2.02. The molecule has 0 radical (unpaired) electrons. The van der Waals surface area contributed by atoms with Gasteiger partial charge < -0.3 is 10.8 Å². The van der Waals surface area contributed by atoms with Crippen molar-refractivity contribution in [2.45, 2.75) is 10.1 Å².